The molecule has 144 valence electrons. The predicted molar refractivity (Wildman–Crippen MR) is 103 cm³/mol. The molecule has 1 atom stereocenters. The van der Waals surface area contributed by atoms with Gasteiger partial charge in [0, 0.05) is 23.5 Å². The number of amides is 1. The summed E-state index contributed by atoms with van der Waals surface area (Å²) in [6, 6.07) is 7.69. The number of likely N-dealkylation sites (N-methyl/N-ethyl adjacent to an activating group) is 1. The Bertz CT molecular complexity index is 682. The van der Waals surface area contributed by atoms with Crippen LogP contribution >= 0.6 is 0 Å². The van der Waals surface area contributed by atoms with Gasteiger partial charge in [-0.15, -0.1) is 0 Å². The Kier molecular flexibility index (Phi) is 12.2. The molecule has 0 spiro atoms. The second-order valence-corrected chi connectivity index (χ2v) is 5.61. The first-order valence-electron chi connectivity index (χ1n) is 8.58. The molecule has 0 aliphatic carbocycles. The molecule has 0 aliphatic rings. The van der Waals surface area contributed by atoms with Crippen LogP contribution in [0.3, 0.4) is 0 Å². The fraction of sp³-hybridized carbons (Fsp3) is 0.421. The monoisotopic (exact) mass is 363 g/mol. The number of hydrogen-bond donors (Lipinski definition) is 4. The summed E-state index contributed by atoms with van der Waals surface area (Å²) in [6.07, 6.45) is 4.45. The van der Waals surface area contributed by atoms with Crippen molar-refractivity contribution in [1.29, 1.82) is 0 Å². The third-order valence-electron chi connectivity index (χ3n) is 3.27. The Morgan fingerprint density at radius 3 is 2.38 bits per heavy atom. The van der Waals surface area contributed by atoms with Crippen molar-refractivity contribution in [2.75, 3.05) is 7.05 Å². The van der Waals surface area contributed by atoms with Gasteiger partial charge >= 0.3 is 5.97 Å². The average Bonchev–Trinajstić information content (AvgIpc) is 3.02. The van der Waals surface area contributed by atoms with E-state index in [2.05, 4.69) is 24.1 Å². The van der Waals surface area contributed by atoms with Gasteiger partial charge in [0.2, 0.25) is 5.91 Å². The summed E-state index contributed by atoms with van der Waals surface area (Å²) < 4.78 is 0. The molecule has 7 heteroatoms. The van der Waals surface area contributed by atoms with Crippen molar-refractivity contribution in [3.05, 3.63) is 36.0 Å². The van der Waals surface area contributed by atoms with Crippen LogP contribution in [0, 0.1) is 0 Å². The third-order valence-corrected chi connectivity index (χ3v) is 3.27. The molecule has 1 aromatic carbocycles. The number of carbonyl (C=O) groups excluding carboxylic acids is 2. The van der Waals surface area contributed by atoms with Crippen molar-refractivity contribution in [1.82, 2.24) is 10.3 Å². The number of aldehydes is 1. The largest absolute Gasteiger partial charge is 0.481 e. The quantitative estimate of drug-likeness (QED) is 0.561. The van der Waals surface area contributed by atoms with Gasteiger partial charge < -0.3 is 25.9 Å². The number of aromatic amines is 1. The highest BCUT2D eigenvalue weighted by atomic mass is 16.4. The third kappa shape index (κ3) is 8.98. The number of nitrogens with one attached hydrogen (secondary N) is 2. The first-order valence-corrected chi connectivity index (χ1v) is 8.58. The van der Waals surface area contributed by atoms with E-state index in [-0.39, 0.29) is 24.8 Å². The molecule has 0 fully saturated rings. The number of H-pyrrole nitrogens is 1. The zero-order valence-corrected chi connectivity index (χ0v) is 15.6. The van der Waals surface area contributed by atoms with Gasteiger partial charge in [-0.1, -0.05) is 38.5 Å². The van der Waals surface area contributed by atoms with Gasteiger partial charge in [-0.25, -0.2) is 0 Å². The lowest BCUT2D eigenvalue weighted by molar-refractivity contribution is -0.137. The molecule has 0 saturated heterocycles. The Hall–Kier alpha value is -2.67. The summed E-state index contributed by atoms with van der Waals surface area (Å²) in [6.45, 7) is 4.25. The fourth-order valence-electron chi connectivity index (χ4n) is 2.05. The van der Waals surface area contributed by atoms with Crippen LogP contribution in [0.1, 0.15) is 38.7 Å². The number of hydrogen-bond acceptors (Lipinski definition) is 4. The van der Waals surface area contributed by atoms with Crippen molar-refractivity contribution in [3.8, 4) is 0 Å². The number of fused-ring (bicyclic) bond motifs is 1. The summed E-state index contributed by atoms with van der Waals surface area (Å²) in [5.41, 5.74) is 7.48. The number of aromatic nitrogens is 1. The Morgan fingerprint density at radius 2 is 1.92 bits per heavy atom. The summed E-state index contributed by atoms with van der Waals surface area (Å²) >= 11 is 0. The highest BCUT2D eigenvalue weighted by Crippen LogP contribution is 2.18. The van der Waals surface area contributed by atoms with Gasteiger partial charge in [0.1, 0.15) is 6.29 Å². The van der Waals surface area contributed by atoms with E-state index in [1.807, 2.05) is 30.5 Å². The van der Waals surface area contributed by atoms with E-state index in [9.17, 15) is 14.4 Å². The summed E-state index contributed by atoms with van der Waals surface area (Å²) in [5.74, 6) is -1.25. The van der Waals surface area contributed by atoms with Crippen LogP contribution in [0.25, 0.3) is 10.9 Å². The van der Waals surface area contributed by atoms with Crippen molar-refractivity contribution in [2.45, 2.75) is 45.6 Å². The highest BCUT2D eigenvalue weighted by Gasteiger charge is 2.15. The molecule has 2 rings (SSSR count). The topological polar surface area (TPSA) is 125 Å². The number of nitrogens with two attached hydrogens (primary N) is 1. The van der Waals surface area contributed by atoms with E-state index in [0.29, 0.717) is 12.7 Å². The number of carboxylic acid groups (broad SMARTS) is 1. The van der Waals surface area contributed by atoms with Crippen LogP contribution in [0.2, 0.25) is 0 Å². The van der Waals surface area contributed by atoms with E-state index < -0.39 is 5.97 Å². The van der Waals surface area contributed by atoms with Crippen LogP contribution in [-0.4, -0.2) is 41.3 Å². The Balaban J connectivity index is 0.000000526. The minimum absolute atomic E-state index is 0.0521. The summed E-state index contributed by atoms with van der Waals surface area (Å²) in [4.78, 5) is 33.4. The van der Waals surface area contributed by atoms with Gasteiger partial charge in [-0.05, 0) is 25.1 Å². The first kappa shape index (κ1) is 23.3. The number of benzene rings is 1. The average molecular weight is 363 g/mol. The van der Waals surface area contributed by atoms with E-state index in [4.69, 9.17) is 10.8 Å². The maximum absolute atomic E-state index is 11.1. The van der Waals surface area contributed by atoms with Gasteiger partial charge in [0.25, 0.3) is 0 Å². The lowest BCUT2D eigenvalue weighted by Gasteiger charge is -2.10. The molecule has 1 aromatic heterocycles. The molecule has 1 amide bonds. The van der Waals surface area contributed by atoms with Crippen molar-refractivity contribution in [3.63, 3.8) is 0 Å². The molecule has 7 nitrogen and oxygen atoms in total. The van der Waals surface area contributed by atoms with E-state index in [0.717, 1.165) is 16.5 Å². The van der Waals surface area contributed by atoms with Crippen LogP contribution in [0.4, 0.5) is 0 Å². The SMILES string of the molecule is CCC.CN[C@@H](Cc1c[nH]c2ccccc12)C(N)=O.O=CCCC(=O)O. The van der Waals surface area contributed by atoms with Crippen molar-refractivity contribution < 1.29 is 19.5 Å². The second-order valence-electron chi connectivity index (χ2n) is 5.61. The number of carbonyl (C=O) groups is 3. The maximum Gasteiger partial charge on any atom is 0.303 e. The van der Waals surface area contributed by atoms with Gasteiger partial charge in [0.05, 0.1) is 12.5 Å². The van der Waals surface area contributed by atoms with Crippen molar-refractivity contribution in [2.24, 2.45) is 5.73 Å². The number of primary amides is 1. The molecule has 2 aromatic rings. The first-order chi connectivity index (χ1) is 12.4. The molecular formula is C19H29N3O4. The van der Waals surface area contributed by atoms with Crippen molar-refractivity contribution >= 4 is 29.1 Å². The molecule has 1 heterocycles. The highest BCUT2D eigenvalue weighted by molar-refractivity contribution is 5.85. The summed E-state index contributed by atoms with van der Waals surface area (Å²) in [5, 5.41) is 11.9. The standard InChI is InChI=1S/C12H15N3O.C4H6O3.C3H8/c1-14-11(12(13)16)6-8-7-15-10-5-3-2-4-9(8)10;5-3-1-2-4(6)7;1-3-2/h2-5,7,11,14-15H,6H2,1H3,(H2,13,16);3H,1-2H2,(H,6,7);3H2,1-2H3/t11-;;/m0../s1. The molecule has 0 radical (unpaired) electrons. The minimum atomic E-state index is -0.924. The van der Waals surface area contributed by atoms with Gasteiger partial charge in [0.15, 0.2) is 0 Å². The lowest BCUT2D eigenvalue weighted by atomic mass is 10.0. The van der Waals surface area contributed by atoms with Gasteiger partial charge in [-0.3, -0.25) is 9.59 Å². The zero-order chi connectivity index (χ0) is 19.9. The normalized spacial score (nSPS) is 10.7. The summed E-state index contributed by atoms with van der Waals surface area (Å²) in [7, 11) is 1.74. The minimum Gasteiger partial charge on any atom is -0.481 e. The van der Waals surface area contributed by atoms with Crippen LogP contribution in [0.15, 0.2) is 30.5 Å². The zero-order valence-electron chi connectivity index (χ0n) is 15.6. The van der Waals surface area contributed by atoms with Crippen LogP contribution in [-0.2, 0) is 20.8 Å². The van der Waals surface area contributed by atoms with Crippen LogP contribution < -0.4 is 11.1 Å². The number of carboxylic acids is 1. The van der Waals surface area contributed by atoms with E-state index in [1.165, 1.54) is 6.42 Å². The smallest absolute Gasteiger partial charge is 0.303 e. The Morgan fingerprint density at radius 1 is 1.31 bits per heavy atom. The van der Waals surface area contributed by atoms with Crippen LogP contribution in [0.5, 0.6) is 0 Å². The molecule has 0 bridgehead atoms. The van der Waals surface area contributed by atoms with E-state index in [1.54, 1.807) is 7.05 Å². The second kappa shape index (κ2) is 13.6. The number of rotatable bonds is 7. The Labute approximate surface area is 154 Å². The fourth-order valence-corrected chi connectivity index (χ4v) is 2.05. The molecular weight excluding hydrogens is 334 g/mol. The predicted octanol–water partition coefficient (Wildman–Crippen LogP) is 2.25. The number of para-hydroxylation sites is 1. The molecule has 0 aliphatic heterocycles. The molecule has 26 heavy (non-hydrogen) atoms. The van der Waals surface area contributed by atoms with E-state index >= 15 is 0 Å². The molecule has 5 N–H and O–H groups in total. The molecule has 0 saturated carbocycles. The number of aliphatic carboxylic acids is 1. The maximum atomic E-state index is 11.1. The molecule has 0 unspecified atom stereocenters. The lowest BCUT2D eigenvalue weighted by Crippen LogP contribution is -2.40. The van der Waals surface area contributed by atoms with Gasteiger partial charge in [-0.2, -0.15) is 0 Å².